The molecule has 2 aliphatic heterocycles. The summed E-state index contributed by atoms with van der Waals surface area (Å²) in [5.41, 5.74) is 1.37. The Hall–Kier alpha value is -2.34. The molecule has 12 unspecified atom stereocenters. The number of aryl methyl sites for hydroxylation is 5. The third-order valence-electron chi connectivity index (χ3n) is 14.0. The van der Waals surface area contributed by atoms with Crippen molar-refractivity contribution < 1.29 is 34.4 Å². The SMILES string of the molecule is C.CCC1(Oc2ccc(C)cc2C)C(=O)NC12CC(Cl)C(C)C(Cl)C2O.CCC1C(Cl)CC2(NC(=O)C2(CC)Oc2ccc(C)cc2C)C(O)C1Cl.CCc1c(Cl)cc(C)c(O)c1Cl. The maximum Gasteiger partial charge on any atom is 0.267 e. The monoisotopic (exact) mass is 1000 g/mol. The molecule has 356 valence electrons. The molecule has 4 aliphatic rings. The summed E-state index contributed by atoms with van der Waals surface area (Å²) in [7, 11) is 0. The Morgan fingerprint density at radius 2 is 1.12 bits per heavy atom. The molecule has 3 aromatic rings. The summed E-state index contributed by atoms with van der Waals surface area (Å²) in [6, 6.07) is 13.4. The molecule has 12 atom stereocenters. The molecule has 0 radical (unpaired) electrons. The first kappa shape index (κ1) is 54.3. The Morgan fingerprint density at radius 1 is 0.688 bits per heavy atom. The highest BCUT2D eigenvalue weighted by Crippen LogP contribution is 2.54. The van der Waals surface area contributed by atoms with Gasteiger partial charge >= 0.3 is 0 Å². The second-order valence-corrected chi connectivity index (χ2v) is 20.7. The number of aliphatic hydroxyl groups is 2. The minimum absolute atomic E-state index is 0. The van der Waals surface area contributed by atoms with Gasteiger partial charge in [-0.1, -0.05) is 107 Å². The van der Waals surface area contributed by atoms with E-state index in [9.17, 15) is 24.9 Å². The number of aliphatic hydroxyl groups excluding tert-OH is 2. The number of hydrogen-bond donors (Lipinski definition) is 5. The van der Waals surface area contributed by atoms with Gasteiger partial charge in [-0.2, -0.15) is 0 Å². The number of rotatable bonds is 8. The van der Waals surface area contributed by atoms with Crippen LogP contribution in [0.5, 0.6) is 17.2 Å². The summed E-state index contributed by atoms with van der Waals surface area (Å²) >= 11 is 37.9. The van der Waals surface area contributed by atoms with Gasteiger partial charge in [0, 0.05) is 15.8 Å². The lowest BCUT2D eigenvalue weighted by Crippen LogP contribution is -2.89. The largest absolute Gasteiger partial charge is 0.506 e. The van der Waals surface area contributed by atoms with Gasteiger partial charge in [-0.25, -0.2) is 0 Å². The third-order valence-corrected chi connectivity index (χ3v) is 16.9. The van der Waals surface area contributed by atoms with Crippen LogP contribution in [0, 0.1) is 46.5 Å². The first-order chi connectivity index (χ1) is 29.5. The number of hydrogen-bond acceptors (Lipinski definition) is 7. The average molecular weight is 1010 g/mol. The van der Waals surface area contributed by atoms with Gasteiger partial charge in [-0.15, -0.1) is 46.4 Å². The number of phenolic OH excluding ortho intramolecular Hbond substituents is 1. The average Bonchev–Trinajstić information content (AvgIpc) is 3.23. The number of amides is 2. The number of halogens is 6. The van der Waals surface area contributed by atoms with E-state index in [1.165, 1.54) is 0 Å². The van der Waals surface area contributed by atoms with Crippen molar-refractivity contribution >= 4 is 81.4 Å². The highest BCUT2D eigenvalue weighted by Gasteiger charge is 2.75. The van der Waals surface area contributed by atoms with Gasteiger partial charge in [0.2, 0.25) is 11.2 Å². The van der Waals surface area contributed by atoms with Gasteiger partial charge in [-0.3, -0.25) is 9.59 Å². The van der Waals surface area contributed by atoms with E-state index in [1.807, 2.05) is 98.7 Å². The summed E-state index contributed by atoms with van der Waals surface area (Å²) in [4.78, 5) is 25.4. The number of β-lactam (4-membered cyclic amide) rings is 2. The number of ether oxygens (including phenoxy) is 2. The van der Waals surface area contributed by atoms with E-state index in [0.717, 1.165) is 40.7 Å². The topological polar surface area (TPSA) is 137 Å². The molecule has 64 heavy (non-hydrogen) atoms. The van der Waals surface area contributed by atoms with E-state index in [0.29, 0.717) is 52.8 Å². The van der Waals surface area contributed by atoms with Crippen LogP contribution < -0.4 is 20.1 Å². The van der Waals surface area contributed by atoms with E-state index in [2.05, 4.69) is 10.6 Å². The van der Waals surface area contributed by atoms with Gasteiger partial charge in [0.05, 0.1) is 28.0 Å². The van der Waals surface area contributed by atoms with Crippen molar-refractivity contribution in [2.75, 3.05) is 0 Å². The van der Waals surface area contributed by atoms with Crippen molar-refractivity contribution in [2.24, 2.45) is 11.8 Å². The number of carbonyl (C=O) groups excluding carboxylic acids is 2. The number of aromatic hydroxyl groups is 1. The van der Waals surface area contributed by atoms with Crippen LogP contribution >= 0.6 is 69.6 Å². The van der Waals surface area contributed by atoms with E-state index in [4.69, 9.17) is 79.1 Å². The molecule has 0 bridgehead atoms. The molecule has 15 heteroatoms. The van der Waals surface area contributed by atoms with Gasteiger partial charge in [-0.05, 0) is 119 Å². The van der Waals surface area contributed by atoms with Crippen molar-refractivity contribution in [3.05, 3.63) is 85.9 Å². The standard InChI is InChI=1S/C20H27Cl2NO3.C19H25Cl2NO3.C9H10Cl2O.CH4/c1-5-13-14(21)10-19(17(24)16(13)22)20(6-2,18(25)23-19)26-15-8-7-11(3)9-12(15)4;1-5-19(25-14-7-6-10(2)8-11(14)3)17(24)22-18(19)9-13(20)12(4)15(21)16(18)23;1-3-6-7(10)4-5(2)9(12)8(6)11;/h7-9,13-14,16-17,24H,5-6,10H2,1-4H3,(H,23,25);6-8,12-13,15-16,23H,5,9H2,1-4H3,(H,22,24);4,12H,3H2,1-2H3;1H4. The van der Waals surface area contributed by atoms with E-state index >= 15 is 0 Å². The normalized spacial score (nSPS) is 33.8. The van der Waals surface area contributed by atoms with Crippen molar-refractivity contribution in [2.45, 2.75) is 171 Å². The second kappa shape index (κ2) is 20.9. The summed E-state index contributed by atoms with van der Waals surface area (Å²) < 4.78 is 12.6. The van der Waals surface area contributed by atoms with Crippen LogP contribution in [0.15, 0.2) is 42.5 Å². The Labute approximate surface area is 410 Å². The zero-order valence-electron chi connectivity index (χ0n) is 37.6. The molecule has 2 saturated carbocycles. The van der Waals surface area contributed by atoms with Crippen LogP contribution in [0.2, 0.25) is 10.0 Å². The first-order valence-corrected chi connectivity index (χ1v) is 24.2. The van der Waals surface area contributed by atoms with E-state index in [1.54, 1.807) is 13.0 Å². The van der Waals surface area contributed by atoms with Crippen molar-refractivity contribution in [1.29, 1.82) is 0 Å². The van der Waals surface area contributed by atoms with Crippen LogP contribution in [0.1, 0.15) is 108 Å². The summed E-state index contributed by atoms with van der Waals surface area (Å²) in [5, 5.41) is 36.7. The molecular formula is C49H66Cl6N2O7. The molecule has 2 saturated heterocycles. The van der Waals surface area contributed by atoms with Gasteiger partial charge in [0.15, 0.2) is 0 Å². The van der Waals surface area contributed by atoms with Gasteiger partial charge in [0.25, 0.3) is 11.8 Å². The Kier molecular flexibility index (Phi) is 17.7. The Bertz CT molecular complexity index is 2180. The highest BCUT2D eigenvalue weighted by molar-refractivity contribution is 6.37. The molecule has 2 amide bonds. The predicted molar refractivity (Wildman–Crippen MR) is 263 cm³/mol. The molecule has 4 fully saturated rings. The molecule has 0 aromatic heterocycles. The Balaban J connectivity index is 0.000000222. The summed E-state index contributed by atoms with van der Waals surface area (Å²) in [6.45, 7) is 19.4. The van der Waals surface area contributed by atoms with Gasteiger partial charge < -0.3 is 35.4 Å². The number of nitrogens with one attached hydrogen (secondary N) is 2. The van der Waals surface area contributed by atoms with Gasteiger partial charge in [0.1, 0.15) is 28.3 Å². The number of carbonyl (C=O) groups is 2. The fourth-order valence-corrected chi connectivity index (χ4v) is 12.9. The van der Waals surface area contributed by atoms with Crippen LogP contribution in [0.4, 0.5) is 0 Å². The molecule has 9 nitrogen and oxygen atoms in total. The third kappa shape index (κ3) is 9.17. The maximum absolute atomic E-state index is 12.7. The summed E-state index contributed by atoms with van der Waals surface area (Å²) in [5.74, 6) is 0.915. The lowest BCUT2D eigenvalue weighted by atomic mass is 9.58. The van der Waals surface area contributed by atoms with Crippen LogP contribution in [0.25, 0.3) is 0 Å². The second-order valence-electron chi connectivity index (χ2n) is 17.8. The minimum atomic E-state index is -1.18. The quantitative estimate of drug-likeness (QED) is 0.112. The zero-order chi connectivity index (χ0) is 47.1. The molecular weight excluding hydrogens is 941 g/mol. The molecule has 7 rings (SSSR count). The lowest BCUT2D eigenvalue weighted by molar-refractivity contribution is -0.194. The van der Waals surface area contributed by atoms with E-state index in [-0.39, 0.29) is 47.6 Å². The number of alkyl halides is 4. The fraction of sp³-hybridized carbons (Fsp3) is 0.592. The maximum atomic E-state index is 12.7. The first-order valence-electron chi connectivity index (χ1n) is 21.7. The number of phenols is 1. The number of benzene rings is 3. The van der Waals surface area contributed by atoms with Crippen molar-refractivity contribution in [3.8, 4) is 17.2 Å². The smallest absolute Gasteiger partial charge is 0.267 e. The van der Waals surface area contributed by atoms with Crippen molar-refractivity contribution in [3.63, 3.8) is 0 Å². The van der Waals surface area contributed by atoms with Crippen LogP contribution in [0.3, 0.4) is 0 Å². The van der Waals surface area contributed by atoms with Crippen molar-refractivity contribution in [1.82, 2.24) is 10.6 Å². The minimum Gasteiger partial charge on any atom is -0.506 e. The lowest BCUT2D eigenvalue weighted by Gasteiger charge is -2.63. The van der Waals surface area contributed by atoms with Crippen LogP contribution in [-0.2, 0) is 16.0 Å². The fourth-order valence-electron chi connectivity index (χ4n) is 9.95. The molecule has 2 heterocycles. The van der Waals surface area contributed by atoms with E-state index < -0.39 is 45.2 Å². The molecule has 5 N–H and O–H groups in total. The molecule has 3 aromatic carbocycles. The molecule has 2 aliphatic carbocycles. The Morgan fingerprint density at radius 3 is 1.52 bits per heavy atom. The van der Waals surface area contributed by atoms with Crippen LogP contribution in [-0.4, -0.2) is 83.1 Å². The summed E-state index contributed by atoms with van der Waals surface area (Å²) in [6.07, 6.45) is 1.35. The predicted octanol–water partition coefficient (Wildman–Crippen LogP) is 11.2. The highest BCUT2D eigenvalue weighted by atomic mass is 35.5. The molecule has 2 spiro atoms. The zero-order valence-corrected chi connectivity index (χ0v) is 42.2.